The lowest BCUT2D eigenvalue weighted by Crippen LogP contribution is -1.85. The summed E-state index contributed by atoms with van der Waals surface area (Å²) in [6.07, 6.45) is 0. The smallest absolute Gasteiger partial charge is 0.0991 e. The molecule has 0 aliphatic rings. The summed E-state index contributed by atoms with van der Waals surface area (Å²) in [6.45, 7) is 1.96. The number of halogens is 1. The van der Waals surface area contributed by atoms with Crippen LogP contribution in [0.1, 0.15) is 16.7 Å². The van der Waals surface area contributed by atoms with Crippen LogP contribution in [0.15, 0.2) is 18.2 Å². The van der Waals surface area contributed by atoms with Crippen LogP contribution in [0.4, 0.5) is 0 Å². The number of alkyl halides is 1. The Morgan fingerprint density at radius 1 is 1.55 bits per heavy atom. The van der Waals surface area contributed by atoms with E-state index < -0.39 is 0 Å². The van der Waals surface area contributed by atoms with Gasteiger partial charge in [0.15, 0.2) is 0 Å². The minimum Gasteiger partial charge on any atom is -0.192 e. The van der Waals surface area contributed by atoms with Crippen LogP contribution in [-0.4, -0.2) is 0 Å². The summed E-state index contributed by atoms with van der Waals surface area (Å²) in [5.74, 6) is 0.511. The van der Waals surface area contributed by atoms with Gasteiger partial charge in [0.25, 0.3) is 0 Å². The third-order valence-electron chi connectivity index (χ3n) is 1.62. The van der Waals surface area contributed by atoms with E-state index in [4.69, 9.17) is 16.9 Å². The molecule has 0 atom stereocenters. The molecule has 0 bridgehead atoms. The van der Waals surface area contributed by atoms with Crippen LogP contribution in [0.2, 0.25) is 0 Å². The number of rotatable bonds is 1. The summed E-state index contributed by atoms with van der Waals surface area (Å²) in [5, 5.41) is 8.54. The van der Waals surface area contributed by atoms with E-state index >= 15 is 0 Å². The molecule has 1 rings (SSSR count). The predicted molar refractivity (Wildman–Crippen MR) is 45.5 cm³/mol. The standard InChI is InChI=1S/C9H8ClN/c1-7-4-8(6-11)2-3-9(7)5-10/h2-4H,5H2,1H3. The van der Waals surface area contributed by atoms with Crippen molar-refractivity contribution in [3.8, 4) is 6.07 Å². The quantitative estimate of drug-likeness (QED) is 0.587. The van der Waals surface area contributed by atoms with Gasteiger partial charge in [-0.05, 0) is 30.2 Å². The van der Waals surface area contributed by atoms with Crippen LogP contribution in [0, 0.1) is 18.3 Å². The Morgan fingerprint density at radius 2 is 2.27 bits per heavy atom. The van der Waals surface area contributed by atoms with Crippen LogP contribution in [0.5, 0.6) is 0 Å². The highest BCUT2D eigenvalue weighted by molar-refractivity contribution is 6.17. The number of nitrogens with zero attached hydrogens (tertiary/aromatic N) is 1. The number of hydrogen-bond acceptors (Lipinski definition) is 1. The fraction of sp³-hybridized carbons (Fsp3) is 0.222. The zero-order valence-electron chi connectivity index (χ0n) is 6.26. The first-order valence-electron chi connectivity index (χ1n) is 3.33. The summed E-state index contributed by atoms with van der Waals surface area (Å²) >= 11 is 5.64. The minimum atomic E-state index is 0.511. The number of nitriles is 1. The first kappa shape index (κ1) is 8.10. The third kappa shape index (κ3) is 1.72. The number of benzene rings is 1. The molecular weight excluding hydrogens is 158 g/mol. The maximum atomic E-state index is 8.54. The molecule has 0 amide bonds. The van der Waals surface area contributed by atoms with Crippen LogP contribution < -0.4 is 0 Å². The van der Waals surface area contributed by atoms with Crippen LogP contribution in [0.3, 0.4) is 0 Å². The summed E-state index contributed by atoms with van der Waals surface area (Å²) in [7, 11) is 0. The predicted octanol–water partition coefficient (Wildman–Crippen LogP) is 2.61. The minimum absolute atomic E-state index is 0.511. The van der Waals surface area contributed by atoms with Crippen LogP contribution in [0.25, 0.3) is 0 Å². The molecule has 0 aliphatic heterocycles. The zero-order chi connectivity index (χ0) is 8.27. The van der Waals surface area contributed by atoms with Crippen molar-refractivity contribution in [2.24, 2.45) is 0 Å². The first-order chi connectivity index (χ1) is 5.27. The van der Waals surface area contributed by atoms with Crippen molar-refractivity contribution < 1.29 is 0 Å². The molecule has 0 N–H and O–H groups in total. The average Bonchev–Trinajstić information content (AvgIpc) is 2.04. The molecule has 0 saturated carbocycles. The van der Waals surface area contributed by atoms with Gasteiger partial charge in [-0.2, -0.15) is 5.26 Å². The molecule has 0 aromatic heterocycles. The summed E-state index contributed by atoms with van der Waals surface area (Å²) < 4.78 is 0. The second-order valence-electron chi connectivity index (χ2n) is 2.39. The van der Waals surface area contributed by atoms with Gasteiger partial charge in [-0.25, -0.2) is 0 Å². The molecule has 0 saturated heterocycles. The summed E-state index contributed by atoms with van der Waals surface area (Å²) in [5.41, 5.74) is 2.86. The van der Waals surface area contributed by atoms with Gasteiger partial charge in [-0.15, -0.1) is 11.6 Å². The molecule has 0 heterocycles. The van der Waals surface area contributed by atoms with Gasteiger partial charge in [-0.1, -0.05) is 6.07 Å². The van der Waals surface area contributed by atoms with Gasteiger partial charge >= 0.3 is 0 Å². The van der Waals surface area contributed by atoms with Crippen molar-refractivity contribution in [2.45, 2.75) is 12.8 Å². The van der Waals surface area contributed by atoms with Gasteiger partial charge in [0.05, 0.1) is 11.6 Å². The van der Waals surface area contributed by atoms with E-state index in [-0.39, 0.29) is 0 Å². The number of hydrogen-bond donors (Lipinski definition) is 0. The molecule has 0 unspecified atom stereocenters. The molecular formula is C9H8ClN. The Balaban J connectivity index is 3.12. The lowest BCUT2D eigenvalue weighted by molar-refractivity contribution is 1.29. The van der Waals surface area contributed by atoms with Crippen LogP contribution in [-0.2, 0) is 5.88 Å². The van der Waals surface area contributed by atoms with Gasteiger partial charge in [-0.3, -0.25) is 0 Å². The maximum Gasteiger partial charge on any atom is 0.0991 e. The van der Waals surface area contributed by atoms with Crippen molar-refractivity contribution in [1.82, 2.24) is 0 Å². The molecule has 0 radical (unpaired) electrons. The van der Waals surface area contributed by atoms with E-state index in [0.717, 1.165) is 11.1 Å². The zero-order valence-corrected chi connectivity index (χ0v) is 7.02. The van der Waals surface area contributed by atoms with Crippen LogP contribution >= 0.6 is 11.6 Å². The highest BCUT2D eigenvalue weighted by Gasteiger charge is 1.96. The van der Waals surface area contributed by atoms with Crippen molar-refractivity contribution in [2.75, 3.05) is 0 Å². The van der Waals surface area contributed by atoms with Crippen molar-refractivity contribution in [3.63, 3.8) is 0 Å². The average molecular weight is 166 g/mol. The van der Waals surface area contributed by atoms with E-state index in [1.807, 2.05) is 19.1 Å². The highest BCUT2D eigenvalue weighted by atomic mass is 35.5. The summed E-state index contributed by atoms with van der Waals surface area (Å²) in [6, 6.07) is 7.59. The van der Waals surface area contributed by atoms with E-state index in [2.05, 4.69) is 6.07 Å². The molecule has 2 heteroatoms. The molecule has 1 nitrogen and oxygen atoms in total. The monoisotopic (exact) mass is 165 g/mol. The topological polar surface area (TPSA) is 23.8 Å². The Bertz CT molecular complexity index is 299. The molecule has 0 fully saturated rings. The van der Waals surface area contributed by atoms with E-state index in [0.29, 0.717) is 11.4 Å². The van der Waals surface area contributed by atoms with Crippen molar-refractivity contribution >= 4 is 11.6 Å². The lowest BCUT2D eigenvalue weighted by Gasteiger charge is -1.99. The molecule has 0 spiro atoms. The fourth-order valence-corrected chi connectivity index (χ4v) is 1.22. The van der Waals surface area contributed by atoms with Gasteiger partial charge in [0, 0.05) is 5.88 Å². The highest BCUT2D eigenvalue weighted by Crippen LogP contribution is 2.12. The van der Waals surface area contributed by atoms with Crippen molar-refractivity contribution in [3.05, 3.63) is 34.9 Å². The Hall–Kier alpha value is -1.000. The Labute approximate surface area is 71.2 Å². The van der Waals surface area contributed by atoms with E-state index in [1.54, 1.807) is 6.07 Å². The number of aryl methyl sites for hydroxylation is 1. The fourth-order valence-electron chi connectivity index (χ4n) is 0.915. The van der Waals surface area contributed by atoms with Gasteiger partial charge in [0.2, 0.25) is 0 Å². The second-order valence-corrected chi connectivity index (χ2v) is 2.65. The van der Waals surface area contributed by atoms with Gasteiger partial charge < -0.3 is 0 Å². The van der Waals surface area contributed by atoms with Gasteiger partial charge in [0.1, 0.15) is 0 Å². The Kier molecular flexibility index (Phi) is 2.51. The normalized spacial score (nSPS) is 9.18. The SMILES string of the molecule is Cc1cc(C#N)ccc1CCl. The first-order valence-corrected chi connectivity index (χ1v) is 3.87. The van der Waals surface area contributed by atoms with E-state index in [9.17, 15) is 0 Å². The molecule has 0 aliphatic carbocycles. The largest absolute Gasteiger partial charge is 0.192 e. The van der Waals surface area contributed by atoms with Crippen molar-refractivity contribution in [1.29, 1.82) is 5.26 Å². The Morgan fingerprint density at radius 3 is 2.73 bits per heavy atom. The lowest BCUT2D eigenvalue weighted by atomic mass is 10.1. The molecule has 56 valence electrons. The molecule has 11 heavy (non-hydrogen) atoms. The summed E-state index contributed by atoms with van der Waals surface area (Å²) in [4.78, 5) is 0. The molecule has 1 aromatic carbocycles. The maximum absolute atomic E-state index is 8.54. The third-order valence-corrected chi connectivity index (χ3v) is 1.90. The van der Waals surface area contributed by atoms with E-state index in [1.165, 1.54) is 0 Å². The molecule has 1 aromatic rings. The second kappa shape index (κ2) is 3.41.